The van der Waals surface area contributed by atoms with Crippen molar-refractivity contribution in [1.29, 1.82) is 0 Å². The van der Waals surface area contributed by atoms with Gasteiger partial charge in [-0.1, -0.05) is 0 Å². The molecule has 0 fully saturated rings. The third kappa shape index (κ3) is 36.0. The molecular weight excluding hydrogens is 380 g/mol. The molecule has 12 nitrogen and oxygen atoms in total. The first kappa shape index (κ1) is 44.6. The van der Waals surface area contributed by atoms with Crippen LogP contribution in [0.25, 0.3) is 0 Å². The fraction of sp³-hybridized carbons (Fsp3) is 1.00. The van der Waals surface area contributed by atoms with Crippen molar-refractivity contribution in [2.24, 2.45) is 0 Å². The zero-order chi connectivity index (χ0) is 15.6. The van der Waals surface area contributed by atoms with Crippen LogP contribution in [0.2, 0.25) is 0 Å². The van der Waals surface area contributed by atoms with Crippen molar-refractivity contribution in [3.8, 4) is 0 Å². The van der Waals surface area contributed by atoms with Gasteiger partial charge in [-0.3, -0.25) is 9.80 Å². The van der Waals surface area contributed by atoms with Gasteiger partial charge < -0.3 is 52.5 Å². The molecule has 0 aromatic heterocycles. The second-order valence-electron chi connectivity index (χ2n) is 4.02. The maximum Gasteiger partial charge on any atom is 0.0558 e. The molecule has 0 radical (unpaired) electrons. The van der Waals surface area contributed by atoms with E-state index in [2.05, 4.69) is 0 Å². The molecule has 0 aliphatic rings. The third-order valence-electron chi connectivity index (χ3n) is 2.50. The van der Waals surface area contributed by atoms with Gasteiger partial charge in [-0.2, -0.15) is 0 Å². The van der Waals surface area contributed by atoms with Gasteiger partial charge in [0.25, 0.3) is 0 Å². The van der Waals surface area contributed by atoms with E-state index in [1.165, 1.54) is 0 Å². The van der Waals surface area contributed by atoms with Gasteiger partial charge in [0.2, 0.25) is 0 Å². The number of hydrogen-bond acceptors (Lipinski definition) is 8. The van der Waals surface area contributed by atoms with E-state index in [-0.39, 0.29) is 83.3 Å². The molecule has 0 aromatic rings. The Balaban J connectivity index is -0.0000000432. The zero-order valence-corrected chi connectivity index (χ0v) is 16.1. The number of aliphatic hydroxyl groups is 6. The van der Waals surface area contributed by atoms with Gasteiger partial charge >= 0.3 is 0 Å². The minimum absolute atomic E-state index is 0. The summed E-state index contributed by atoms with van der Waals surface area (Å²) in [7, 11) is 0. The van der Waals surface area contributed by atoms with Gasteiger partial charge in [-0.25, -0.2) is 0 Å². The van der Waals surface area contributed by atoms with Crippen LogP contribution in [0.1, 0.15) is 0 Å². The van der Waals surface area contributed by atoms with Crippen LogP contribution in [-0.2, 0) is 21.7 Å². The largest absolute Gasteiger partial charge is 0.412 e. The first-order valence-corrected chi connectivity index (χ1v) is 6.79. The van der Waals surface area contributed by atoms with Crippen LogP contribution >= 0.6 is 0 Å². The number of aliphatic hydroxyl groups excluding tert-OH is 6. The van der Waals surface area contributed by atoms with Gasteiger partial charge in [0.15, 0.2) is 0 Å². The standard InChI is InChI=1S/2C6H15NO3.4H2O.Ti/c2*8-4-1-7(2-5-9)3-6-10;;;;;/h2*8-10H,1-6H2;4*1H2;. The van der Waals surface area contributed by atoms with E-state index >= 15 is 0 Å². The van der Waals surface area contributed by atoms with Gasteiger partial charge in [-0.05, 0) is 0 Å². The minimum Gasteiger partial charge on any atom is -0.412 e. The minimum atomic E-state index is 0. The monoisotopic (exact) mass is 418 g/mol. The summed E-state index contributed by atoms with van der Waals surface area (Å²) < 4.78 is 0. The SMILES string of the molecule is O.O.O.O.OCCN(CCO)CCO.OCCN(CCO)CCO.[Ti]. The predicted molar refractivity (Wildman–Crippen MR) is 89.9 cm³/mol. The molecule has 160 valence electrons. The van der Waals surface area contributed by atoms with Gasteiger partial charge in [0.05, 0.1) is 39.6 Å². The summed E-state index contributed by atoms with van der Waals surface area (Å²) in [6.07, 6.45) is 0. The van der Waals surface area contributed by atoms with Crippen molar-refractivity contribution >= 4 is 0 Å². The van der Waals surface area contributed by atoms with E-state index in [4.69, 9.17) is 30.6 Å². The Kier molecular flexibility index (Phi) is 70.2. The molecule has 0 aromatic carbocycles. The average molecular weight is 418 g/mol. The van der Waals surface area contributed by atoms with Crippen molar-refractivity contribution in [1.82, 2.24) is 9.80 Å². The summed E-state index contributed by atoms with van der Waals surface area (Å²) in [6, 6.07) is 0. The Morgan fingerprint density at radius 2 is 0.480 bits per heavy atom. The van der Waals surface area contributed by atoms with Crippen molar-refractivity contribution in [3.05, 3.63) is 0 Å². The van der Waals surface area contributed by atoms with E-state index in [1.807, 2.05) is 0 Å². The molecule has 0 heterocycles. The van der Waals surface area contributed by atoms with E-state index in [0.717, 1.165) is 0 Å². The second-order valence-corrected chi connectivity index (χ2v) is 4.02. The van der Waals surface area contributed by atoms with Crippen molar-refractivity contribution in [3.63, 3.8) is 0 Å². The maximum absolute atomic E-state index is 8.48. The molecule has 0 unspecified atom stereocenters. The third-order valence-corrected chi connectivity index (χ3v) is 2.50. The van der Waals surface area contributed by atoms with Gasteiger partial charge in [-0.15, -0.1) is 0 Å². The summed E-state index contributed by atoms with van der Waals surface area (Å²) in [5, 5.41) is 50.9. The Bertz CT molecular complexity index is 141. The molecule has 0 atom stereocenters. The molecule has 13 heteroatoms. The Morgan fingerprint density at radius 1 is 0.360 bits per heavy atom. The number of nitrogens with zero attached hydrogens (tertiary/aromatic N) is 2. The first-order valence-electron chi connectivity index (χ1n) is 6.79. The average Bonchev–Trinajstić information content (AvgIpc) is 2.41. The normalized spacial score (nSPS) is 8.64. The van der Waals surface area contributed by atoms with Gasteiger partial charge in [0.1, 0.15) is 0 Å². The van der Waals surface area contributed by atoms with Crippen LogP contribution in [0.5, 0.6) is 0 Å². The molecule has 25 heavy (non-hydrogen) atoms. The molecule has 0 aliphatic heterocycles. The molecule has 0 aliphatic carbocycles. The molecule has 0 saturated carbocycles. The molecular formula is C12H38N2O10Ti. The molecule has 0 spiro atoms. The van der Waals surface area contributed by atoms with Crippen molar-refractivity contribution in [2.45, 2.75) is 0 Å². The number of rotatable bonds is 12. The Morgan fingerprint density at radius 3 is 0.560 bits per heavy atom. The second kappa shape index (κ2) is 39.3. The summed E-state index contributed by atoms with van der Waals surface area (Å²) in [5.74, 6) is 0. The van der Waals surface area contributed by atoms with E-state index in [9.17, 15) is 0 Å². The summed E-state index contributed by atoms with van der Waals surface area (Å²) in [4.78, 5) is 3.58. The maximum atomic E-state index is 8.48. The van der Waals surface area contributed by atoms with E-state index in [1.54, 1.807) is 9.80 Å². The van der Waals surface area contributed by atoms with Crippen LogP contribution in [-0.4, -0.2) is 141 Å². The first-order chi connectivity index (χ1) is 9.69. The van der Waals surface area contributed by atoms with Crippen LogP contribution in [0.3, 0.4) is 0 Å². The van der Waals surface area contributed by atoms with E-state index < -0.39 is 0 Å². The topological polar surface area (TPSA) is 254 Å². The van der Waals surface area contributed by atoms with Gasteiger partial charge in [0, 0.05) is 61.0 Å². The molecule has 14 N–H and O–H groups in total. The summed E-state index contributed by atoms with van der Waals surface area (Å²) in [6.45, 7) is 3.51. The molecule has 0 saturated heterocycles. The predicted octanol–water partition coefficient (Wildman–Crippen LogP) is -6.77. The molecule has 0 rings (SSSR count). The number of hydrogen-bond donors (Lipinski definition) is 6. The zero-order valence-electron chi connectivity index (χ0n) is 14.6. The van der Waals surface area contributed by atoms with Crippen molar-refractivity contribution < 1.29 is 74.3 Å². The Hall–Kier alpha value is 0.234. The quantitative estimate of drug-likeness (QED) is 0.166. The van der Waals surface area contributed by atoms with Crippen LogP contribution < -0.4 is 0 Å². The van der Waals surface area contributed by atoms with Crippen LogP contribution in [0, 0.1) is 0 Å². The summed E-state index contributed by atoms with van der Waals surface area (Å²) >= 11 is 0. The fourth-order valence-electron chi connectivity index (χ4n) is 1.52. The Labute approximate surface area is 163 Å². The van der Waals surface area contributed by atoms with Crippen molar-refractivity contribution in [2.75, 3.05) is 78.9 Å². The fourth-order valence-corrected chi connectivity index (χ4v) is 1.52. The summed E-state index contributed by atoms with van der Waals surface area (Å²) in [5.41, 5.74) is 0. The molecule has 0 bridgehead atoms. The van der Waals surface area contributed by atoms with Crippen LogP contribution in [0.4, 0.5) is 0 Å². The smallest absolute Gasteiger partial charge is 0.0558 e. The van der Waals surface area contributed by atoms with Crippen LogP contribution in [0.15, 0.2) is 0 Å². The van der Waals surface area contributed by atoms with E-state index in [0.29, 0.717) is 39.3 Å². The molecule has 0 amide bonds.